The topological polar surface area (TPSA) is 95.6 Å². The molecular weight excluding hydrogens is 567 g/mol. The third-order valence-electron chi connectivity index (χ3n) is 6.45. The molecule has 0 aliphatic rings. The van der Waals surface area contributed by atoms with E-state index < -0.39 is 40.1 Å². The maximum absolute atomic E-state index is 13.6. The monoisotopic (exact) mass is 595 g/mol. The number of carbonyl (C=O) groups excluding carboxylic acids is 2. The van der Waals surface area contributed by atoms with Crippen molar-refractivity contribution in [3.8, 4) is 0 Å². The first-order valence-electron chi connectivity index (χ1n) is 12.9. The van der Waals surface area contributed by atoms with Crippen molar-refractivity contribution >= 4 is 33.2 Å². The summed E-state index contributed by atoms with van der Waals surface area (Å²) in [5.41, 5.74) is 0.458. The maximum atomic E-state index is 13.6. The van der Waals surface area contributed by atoms with Crippen molar-refractivity contribution in [1.82, 2.24) is 5.32 Å². The molecule has 0 saturated heterocycles. The van der Waals surface area contributed by atoms with Crippen molar-refractivity contribution in [2.45, 2.75) is 31.0 Å². The van der Waals surface area contributed by atoms with Crippen LogP contribution in [0.4, 0.5) is 24.5 Å². The van der Waals surface area contributed by atoms with E-state index in [4.69, 9.17) is 0 Å². The van der Waals surface area contributed by atoms with Gasteiger partial charge >= 0.3 is 6.18 Å². The fourth-order valence-electron chi connectivity index (χ4n) is 4.20. The van der Waals surface area contributed by atoms with Gasteiger partial charge in [-0.05, 0) is 61.9 Å². The van der Waals surface area contributed by atoms with Gasteiger partial charge in [-0.1, -0.05) is 66.2 Å². The lowest BCUT2D eigenvalue weighted by Gasteiger charge is -2.25. The van der Waals surface area contributed by atoms with E-state index in [1.807, 2.05) is 30.3 Å². The number of anilines is 2. The SMILES string of the molecule is Cc1ccc(S(=O)(=O)N(CC(=O)Nc2ccccc2C(=O)NC(C)c2ccccc2)c2cccc(C(F)(F)F)c2)cc1. The molecule has 4 aromatic carbocycles. The Morgan fingerprint density at radius 1 is 0.857 bits per heavy atom. The maximum Gasteiger partial charge on any atom is 0.416 e. The first-order chi connectivity index (χ1) is 19.9. The highest BCUT2D eigenvalue weighted by Crippen LogP contribution is 2.33. The van der Waals surface area contributed by atoms with Gasteiger partial charge in [0.1, 0.15) is 6.54 Å². The average Bonchev–Trinajstić information content (AvgIpc) is 2.96. The third-order valence-corrected chi connectivity index (χ3v) is 8.24. The van der Waals surface area contributed by atoms with Gasteiger partial charge in [-0.25, -0.2) is 8.42 Å². The van der Waals surface area contributed by atoms with Gasteiger partial charge in [0.05, 0.1) is 33.4 Å². The molecule has 0 spiro atoms. The number of hydrogen-bond acceptors (Lipinski definition) is 4. The normalized spacial score (nSPS) is 12.3. The lowest BCUT2D eigenvalue weighted by atomic mass is 10.1. The first-order valence-corrected chi connectivity index (χ1v) is 14.3. The standard InChI is InChI=1S/C31H28F3N3O4S/c1-21-15-17-26(18-16-21)42(40,41)37(25-12-8-11-24(19-25)31(32,33)34)20-29(38)36-28-14-7-6-13-27(28)30(39)35-22(2)23-9-4-3-5-10-23/h3-19,22H,20H2,1-2H3,(H,35,39)(H,36,38). The number of nitrogens with one attached hydrogen (secondary N) is 2. The smallest absolute Gasteiger partial charge is 0.345 e. The minimum absolute atomic E-state index is 0.108. The Balaban J connectivity index is 1.63. The molecule has 0 heterocycles. The Labute approximate surface area is 242 Å². The summed E-state index contributed by atoms with van der Waals surface area (Å²) in [7, 11) is -4.47. The van der Waals surface area contributed by atoms with Crippen molar-refractivity contribution in [3.63, 3.8) is 0 Å². The molecule has 42 heavy (non-hydrogen) atoms. The van der Waals surface area contributed by atoms with E-state index >= 15 is 0 Å². The highest BCUT2D eigenvalue weighted by molar-refractivity contribution is 7.92. The number of alkyl halides is 3. The van der Waals surface area contributed by atoms with Crippen molar-refractivity contribution in [3.05, 3.63) is 125 Å². The summed E-state index contributed by atoms with van der Waals surface area (Å²) in [6.45, 7) is 2.70. The van der Waals surface area contributed by atoms with E-state index in [0.29, 0.717) is 10.4 Å². The van der Waals surface area contributed by atoms with Crippen molar-refractivity contribution in [1.29, 1.82) is 0 Å². The minimum atomic E-state index is -4.74. The Hall–Kier alpha value is -4.64. The van der Waals surface area contributed by atoms with Gasteiger partial charge in [0.25, 0.3) is 15.9 Å². The number of sulfonamides is 1. The zero-order chi connectivity index (χ0) is 30.5. The number of rotatable bonds is 9. The second-order valence-electron chi connectivity index (χ2n) is 9.57. The summed E-state index contributed by atoms with van der Waals surface area (Å²) in [5, 5.41) is 5.41. The lowest BCUT2D eigenvalue weighted by Crippen LogP contribution is -2.38. The molecule has 2 amide bonds. The highest BCUT2D eigenvalue weighted by atomic mass is 32.2. The molecule has 2 N–H and O–H groups in total. The number of benzene rings is 4. The fraction of sp³-hybridized carbons (Fsp3) is 0.161. The molecule has 7 nitrogen and oxygen atoms in total. The molecule has 0 fully saturated rings. The summed E-state index contributed by atoms with van der Waals surface area (Å²) < 4.78 is 68.3. The van der Waals surface area contributed by atoms with Gasteiger partial charge in [-0.2, -0.15) is 13.2 Å². The lowest BCUT2D eigenvalue weighted by molar-refractivity contribution is -0.137. The molecule has 4 aromatic rings. The van der Waals surface area contributed by atoms with Crippen LogP contribution in [0, 0.1) is 6.92 Å². The van der Waals surface area contributed by atoms with Crippen molar-refractivity contribution in [2.24, 2.45) is 0 Å². The summed E-state index contributed by atoms with van der Waals surface area (Å²) in [4.78, 5) is 26.2. The molecule has 1 atom stereocenters. The molecular formula is C31H28F3N3O4S. The molecule has 0 saturated carbocycles. The molecule has 218 valence electrons. The largest absolute Gasteiger partial charge is 0.416 e. The van der Waals surface area contributed by atoms with Crippen LogP contribution in [0.5, 0.6) is 0 Å². The molecule has 4 rings (SSSR count). The van der Waals surface area contributed by atoms with E-state index in [1.165, 1.54) is 30.3 Å². The summed E-state index contributed by atoms with van der Waals surface area (Å²) >= 11 is 0. The van der Waals surface area contributed by atoms with E-state index in [9.17, 15) is 31.2 Å². The van der Waals surface area contributed by atoms with Crippen molar-refractivity contribution in [2.75, 3.05) is 16.2 Å². The summed E-state index contributed by atoms with van der Waals surface area (Å²) in [6.07, 6.45) is -4.74. The average molecular weight is 596 g/mol. The Morgan fingerprint density at radius 3 is 2.17 bits per heavy atom. The van der Waals surface area contributed by atoms with Crippen LogP contribution >= 0.6 is 0 Å². The molecule has 0 aliphatic carbocycles. The summed E-state index contributed by atoms with van der Waals surface area (Å²) in [6, 6.07) is 24.5. The number of nitrogens with zero attached hydrogens (tertiary/aromatic N) is 1. The van der Waals surface area contributed by atoms with Crippen LogP contribution in [-0.2, 0) is 21.0 Å². The van der Waals surface area contributed by atoms with E-state index in [0.717, 1.165) is 23.3 Å². The van der Waals surface area contributed by atoms with Crippen LogP contribution < -0.4 is 14.9 Å². The molecule has 1 unspecified atom stereocenters. The predicted molar refractivity (Wildman–Crippen MR) is 155 cm³/mol. The molecule has 0 bridgehead atoms. The number of aryl methyl sites for hydroxylation is 1. The molecule has 0 radical (unpaired) electrons. The third kappa shape index (κ3) is 7.16. The number of hydrogen-bond donors (Lipinski definition) is 2. The summed E-state index contributed by atoms with van der Waals surface area (Å²) in [5.74, 6) is -1.34. The number of para-hydroxylation sites is 1. The highest BCUT2D eigenvalue weighted by Gasteiger charge is 2.33. The van der Waals surface area contributed by atoms with Crippen LogP contribution in [-0.4, -0.2) is 26.8 Å². The molecule has 0 aliphatic heterocycles. The zero-order valence-corrected chi connectivity index (χ0v) is 23.5. The Bertz CT molecular complexity index is 1680. The predicted octanol–water partition coefficient (Wildman–Crippen LogP) is 6.34. The number of amides is 2. The van der Waals surface area contributed by atoms with E-state index in [1.54, 1.807) is 38.1 Å². The first kappa shape index (κ1) is 30.3. The minimum Gasteiger partial charge on any atom is -0.345 e. The van der Waals surface area contributed by atoms with Crippen LogP contribution in [0.1, 0.15) is 40.0 Å². The molecule has 11 heteroatoms. The number of halogens is 3. The van der Waals surface area contributed by atoms with Crippen LogP contribution in [0.2, 0.25) is 0 Å². The zero-order valence-electron chi connectivity index (χ0n) is 22.7. The van der Waals surface area contributed by atoms with Crippen LogP contribution in [0.15, 0.2) is 108 Å². The van der Waals surface area contributed by atoms with Gasteiger partial charge in [-0.15, -0.1) is 0 Å². The van der Waals surface area contributed by atoms with Gasteiger partial charge < -0.3 is 10.6 Å². The van der Waals surface area contributed by atoms with Crippen LogP contribution in [0.3, 0.4) is 0 Å². The second-order valence-corrected chi connectivity index (χ2v) is 11.4. The molecule has 0 aromatic heterocycles. The van der Waals surface area contributed by atoms with Gasteiger partial charge in [0.15, 0.2) is 0 Å². The number of carbonyl (C=O) groups is 2. The van der Waals surface area contributed by atoms with Crippen LogP contribution in [0.25, 0.3) is 0 Å². The van der Waals surface area contributed by atoms with E-state index in [-0.39, 0.29) is 27.9 Å². The van der Waals surface area contributed by atoms with Crippen molar-refractivity contribution < 1.29 is 31.2 Å². The fourth-order valence-corrected chi connectivity index (χ4v) is 5.61. The Kier molecular flexibility index (Phi) is 9.01. The van der Waals surface area contributed by atoms with Gasteiger partial charge in [0, 0.05) is 0 Å². The van der Waals surface area contributed by atoms with Gasteiger partial charge in [-0.3, -0.25) is 13.9 Å². The van der Waals surface area contributed by atoms with Gasteiger partial charge in [0.2, 0.25) is 5.91 Å². The second kappa shape index (κ2) is 12.5. The quantitative estimate of drug-likeness (QED) is 0.236. The van der Waals surface area contributed by atoms with E-state index in [2.05, 4.69) is 10.6 Å². The Morgan fingerprint density at radius 2 is 1.50 bits per heavy atom.